The van der Waals surface area contributed by atoms with Crippen LogP contribution in [0.2, 0.25) is 0 Å². The number of carboxylic acids is 2. The molecule has 0 aliphatic heterocycles. The van der Waals surface area contributed by atoms with E-state index in [-0.39, 0.29) is 5.75 Å². The Morgan fingerprint density at radius 2 is 1.73 bits per heavy atom. The molecule has 0 heterocycles. The lowest BCUT2D eigenvalue weighted by Crippen LogP contribution is -2.45. The van der Waals surface area contributed by atoms with Gasteiger partial charge in [-0.3, -0.25) is 4.79 Å². The second kappa shape index (κ2) is 7.23. The third kappa shape index (κ3) is 5.25. The normalized spacial score (nSPS) is 13.5. The van der Waals surface area contributed by atoms with E-state index in [9.17, 15) is 19.5 Å². The van der Waals surface area contributed by atoms with Gasteiger partial charge in [-0.25, -0.2) is 9.59 Å². The Kier molecular flexibility index (Phi) is 5.65. The van der Waals surface area contributed by atoms with Gasteiger partial charge in [-0.15, -0.1) is 0 Å². The second-order valence-electron chi connectivity index (χ2n) is 4.44. The van der Waals surface area contributed by atoms with Gasteiger partial charge in [0.2, 0.25) is 5.60 Å². The lowest BCUT2D eigenvalue weighted by Gasteiger charge is -2.20. The maximum atomic E-state index is 11.4. The third-order valence-corrected chi connectivity index (χ3v) is 2.60. The van der Waals surface area contributed by atoms with Crippen molar-refractivity contribution < 1.29 is 39.5 Å². The Labute approximate surface area is 124 Å². The summed E-state index contributed by atoms with van der Waals surface area (Å²) < 4.78 is 4.55. The fraction of sp³-hybridized carbons (Fsp3) is 0.214. The number of esters is 1. The molecule has 0 aliphatic rings. The lowest BCUT2D eigenvalue weighted by atomic mass is 10.0. The van der Waals surface area contributed by atoms with Gasteiger partial charge in [0.1, 0.15) is 12.4 Å². The van der Waals surface area contributed by atoms with Gasteiger partial charge >= 0.3 is 17.9 Å². The molecule has 8 heteroatoms. The van der Waals surface area contributed by atoms with Crippen LogP contribution in [0.1, 0.15) is 12.0 Å². The highest BCUT2D eigenvalue weighted by Crippen LogP contribution is 2.13. The maximum absolute atomic E-state index is 11.4. The van der Waals surface area contributed by atoms with Crippen molar-refractivity contribution in [3.05, 3.63) is 35.9 Å². The number of benzene rings is 1. The molecule has 0 unspecified atom stereocenters. The van der Waals surface area contributed by atoms with Crippen LogP contribution in [-0.4, -0.2) is 50.5 Å². The summed E-state index contributed by atoms with van der Waals surface area (Å²) in [5.74, 6) is -4.23. The predicted molar refractivity (Wildman–Crippen MR) is 72.9 cm³/mol. The van der Waals surface area contributed by atoms with Gasteiger partial charge in [-0.1, -0.05) is 12.1 Å². The Morgan fingerprint density at radius 3 is 2.23 bits per heavy atom. The lowest BCUT2D eigenvalue weighted by molar-refractivity contribution is -0.174. The van der Waals surface area contributed by atoms with Crippen molar-refractivity contribution in [2.75, 3.05) is 6.61 Å². The van der Waals surface area contributed by atoms with Gasteiger partial charge < -0.3 is 25.2 Å². The molecule has 1 aromatic carbocycles. The highest BCUT2D eigenvalue weighted by molar-refractivity contribution is 5.88. The van der Waals surface area contributed by atoms with E-state index in [2.05, 4.69) is 4.74 Å². The minimum atomic E-state index is -2.69. The van der Waals surface area contributed by atoms with Crippen molar-refractivity contribution in [3.63, 3.8) is 0 Å². The molecule has 0 spiro atoms. The minimum absolute atomic E-state index is 0.0555. The molecule has 1 atom stereocenters. The van der Waals surface area contributed by atoms with Crippen LogP contribution in [0.4, 0.5) is 0 Å². The Hall–Kier alpha value is -2.87. The number of aliphatic carboxylic acids is 2. The quantitative estimate of drug-likeness (QED) is 0.414. The highest BCUT2D eigenvalue weighted by Gasteiger charge is 2.40. The van der Waals surface area contributed by atoms with E-state index in [4.69, 9.17) is 15.3 Å². The van der Waals surface area contributed by atoms with Gasteiger partial charge in [0, 0.05) is 6.08 Å². The number of ether oxygens (including phenoxy) is 1. The van der Waals surface area contributed by atoms with E-state index in [1.54, 1.807) is 0 Å². The predicted octanol–water partition coefficient (Wildman–Crippen LogP) is 0.239. The van der Waals surface area contributed by atoms with Gasteiger partial charge in [0.25, 0.3) is 0 Å². The molecule has 0 aliphatic carbocycles. The molecule has 0 amide bonds. The zero-order valence-electron chi connectivity index (χ0n) is 11.3. The minimum Gasteiger partial charge on any atom is -0.508 e. The molecule has 1 aromatic rings. The Bertz CT molecular complexity index is 589. The van der Waals surface area contributed by atoms with Crippen LogP contribution >= 0.6 is 0 Å². The van der Waals surface area contributed by atoms with E-state index in [1.165, 1.54) is 30.3 Å². The van der Waals surface area contributed by atoms with Crippen LogP contribution in [-0.2, 0) is 19.1 Å². The summed E-state index contributed by atoms with van der Waals surface area (Å²) in [5, 5.41) is 36.0. The molecule has 0 aromatic heterocycles. The zero-order valence-corrected chi connectivity index (χ0v) is 11.3. The Morgan fingerprint density at radius 1 is 1.14 bits per heavy atom. The number of hydrogen-bond donors (Lipinski definition) is 4. The van der Waals surface area contributed by atoms with Crippen LogP contribution < -0.4 is 0 Å². The number of phenols is 1. The van der Waals surface area contributed by atoms with Crippen molar-refractivity contribution in [3.8, 4) is 5.75 Å². The average molecular weight is 310 g/mol. The van der Waals surface area contributed by atoms with Crippen LogP contribution in [0, 0.1) is 0 Å². The molecule has 0 fully saturated rings. The number of aliphatic hydroxyl groups is 1. The molecule has 0 radical (unpaired) electrons. The smallest absolute Gasteiger partial charge is 0.339 e. The summed E-state index contributed by atoms with van der Waals surface area (Å²) in [7, 11) is 0. The highest BCUT2D eigenvalue weighted by atomic mass is 16.5. The third-order valence-electron chi connectivity index (χ3n) is 2.60. The van der Waals surface area contributed by atoms with Gasteiger partial charge in [-0.2, -0.15) is 0 Å². The topological polar surface area (TPSA) is 141 Å². The van der Waals surface area contributed by atoms with E-state index in [0.717, 1.165) is 6.08 Å². The van der Waals surface area contributed by atoms with Crippen molar-refractivity contribution in [1.82, 2.24) is 0 Å². The summed E-state index contributed by atoms with van der Waals surface area (Å²) >= 11 is 0. The summed E-state index contributed by atoms with van der Waals surface area (Å²) in [6, 6.07) is 5.86. The van der Waals surface area contributed by atoms with Gasteiger partial charge in [0.05, 0.1) is 6.42 Å². The molecule has 0 saturated carbocycles. The number of hydrogen-bond acceptors (Lipinski definition) is 6. The van der Waals surface area contributed by atoms with Crippen molar-refractivity contribution in [1.29, 1.82) is 0 Å². The standard InChI is InChI=1S/C14H14O8/c15-10-4-1-9(2-5-10)3-6-12(18)22-8-14(21,13(19)20)7-11(16)17/h1-6,15,21H,7-8H2,(H,16,17)(H,19,20)/b6-3+/t14-/m0/s1. The maximum Gasteiger partial charge on any atom is 0.339 e. The summed E-state index contributed by atoms with van der Waals surface area (Å²) in [6.45, 7) is -0.993. The zero-order chi connectivity index (χ0) is 16.8. The fourth-order valence-electron chi connectivity index (χ4n) is 1.43. The number of carbonyl (C=O) groups excluding carboxylic acids is 1. The van der Waals surface area contributed by atoms with Gasteiger partial charge in [-0.05, 0) is 23.8 Å². The largest absolute Gasteiger partial charge is 0.508 e. The number of carbonyl (C=O) groups is 3. The van der Waals surface area contributed by atoms with E-state index in [0.29, 0.717) is 5.56 Å². The Balaban J connectivity index is 2.62. The summed E-state index contributed by atoms with van der Waals surface area (Å²) in [6.07, 6.45) is 1.23. The van der Waals surface area contributed by atoms with E-state index in [1.807, 2.05) is 0 Å². The van der Waals surface area contributed by atoms with E-state index < -0.39 is 36.5 Å². The summed E-state index contributed by atoms with van der Waals surface area (Å²) in [4.78, 5) is 32.8. The first-order valence-corrected chi connectivity index (χ1v) is 6.04. The number of carboxylic acid groups (broad SMARTS) is 2. The number of phenolic OH excluding ortho intramolecular Hbond substituents is 1. The monoisotopic (exact) mass is 310 g/mol. The van der Waals surface area contributed by atoms with Crippen LogP contribution in [0.3, 0.4) is 0 Å². The molecule has 1 rings (SSSR count). The van der Waals surface area contributed by atoms with E-state index >= 15 is 0 Å². The number of aromatic hydroxyl groups is 1. The SMILES string of the molecule is O=C(O)C[C@](O)(COC(=O)/C=C/c1ccc(O)cc1)C(=O)O. The first kappa shape index (κ1) is 17.2. The van der Waals surface area contributed by atoms with Crippen molar-refractivity contribution >= 4 is 24.0 Å². The van der Waals surface area contributed by atoms with Gasteiger partial charge in [0.15, 0.2) is 0 Å². The fourth-order valence-corrected chi connectivity index (χ4v) is 1.43. The molecule has 8 nitrogen and oxygen atoms in total. The first-order chi connectivity index (χ1) is 10.2. The van der Waals surface area contributed by atoms with Crippen LogP contribution in [0.25, 0.3) is 6.08 Å². The second-order valence-corrected chi connectivity index (χ2v) is 4.44. The average Bonchev–Trinajstić information content (AvgIpc) is 2.43. The molecule has 0 saturated heterocycles. The first-order valence-electron chi connectivity index (χ1n) is 6.04. The molecule has 118 valence electrons. The molecule has 4 N–H and O–H groups in total. The molecule has 22 heavy (non-hydrogen) atoms. The van der Waals surface area contributed by atoms with Crippen LogP contribution in [0.5, 0.6) is 5.75 Å². The summed E-state index contributed by atoms with van der Waals surface area (Å²) in [5.41, 5.74) is -2.11. The number of rotatable bonds is 7. The van der Waals surface area contributed by atoms with Crippen molar-refractivity contribution in [2.24, 2.45) is 0 Å². The van der Waals surface area contributed by atoms with Crippen LogP contribution in [0.15, 0.2) is 30.3 Å². The molecular weight excluding hydrogens is 296 g/mol. The van der Waals surface area contributed by atoms with Crippen molar-refractivity contribution in [2.45, 2.75) is 12.0 Å². The molecule has 0 bridgehead atoms. The molecular formula is C14H14O8.